The molecule has 0 aliphatic carbocycles. The molecule has 0 saturated carbocycles. The second kappa shape index (κ2) is 22.5. The number of hydrogen-bond donors (Lipinski definition) is 4. The molecule has 212 valence electrons. The van der Waals surface area contributed by atoms with Gasteiger partial charge in [-0.15, -0.1) is 0 Å². The summed E-state index contributed by atoms with van der Waals surface area (Å²) < 4.78 is 9.61. The van der Waals surface area contributed by atoms with Gasteiger partial charge in [-0.25, -0.2) is 4.79 Å². The Kier molecular flexibility index (Phi) is 21.4. The van der Waals surface area contributed by atoms with E-state index in [0.717, 1.165) is 19.3 Å². The largest absolute Gasteiger partial charge is 0.479 e. The zero-order chi connectivity index (χ0) is 27.1. The highest BCUT2D eigenvalue weighted by atomic mass is 16.5. The first-order valence-corrected chi connectivity index (χ1v) is 13.8. The molecule has 0 radical (unpaired) electrons. The summed E-state index contributed by atoms with van der Waals surface area (Å²) in [5.74, 6) is -3.77. The molecule has 4 N–H and O–H groups in total. The molecule has 0 aliphatic heterocycles. The summed E-state index contributed by atoms with van der Waals surface area (Å²) in [5, 5.41) is 37.2. The SMILES string of the molecule is CCCCCCCCCCCCCCCCCCOC(=O)CC(O)(CC(=O)OCC(O)CO)C(=O)O. The lowest BCUT2D eigenvalue weighted by atomic mass is 9.96. The van der Waals surface area contributed by atoms with E-state index in [1.807, 2.05) is 0 Å². The lowest BCUT2D eigenvalue weighted by Crippen LogP contribution is -2.43. The van der Waals surface area contributed by atoms with Gasteiger partial charge in [0.25, 0.3) is 0 Å². The second-order valence-electron chi connectivity index (χ2n) is 9.73. The minimum Gasteiger partial charge on any atom is -0.479 e. The molecule has 9 heteroatoms. The molecule has 0 fully saturated rings. The number of aliphatic hydroxyl groups is 3. The van der Waals surface area contributed by atoms with Crippen molar-refractivity contribution in [2.24, 2.45) is 0 Å². The smallest absolute Gasteiger partial charge is 0.336 e. The summed E-state index contributed by atoms with van der Waals surface area (Å²) in [6.07, 6.45) is 16.5. The molecule has 0 saturated heterocycles. The molecule has 9 nitrogen and oxygen atoms in total. The molecular formula is C27H50O9. The Morgan fingerprint density at radius 2 is 1.08 bits per heavy atom. The summed E-state index contributed by atoms with van der Waals surface area (Å²) in [6.45, 7) is 1.19. The van der Waals surface area contributed by atoms with Gasteiger partial charge in [0.1, 0.15) is 12.7 Å². The van der Waals surface area contributed by atoms with Crippen molar-refractivity contribution in [3.8, 4) is 0 Å². The van der Waals surface area contributed by atoms with Gasteiger partial charge in [-0.2, -0.15) is 0 Å². The fraction of sp³-hybridized carbons (Fsp3) is 0.889. The van der Waals surface area contributed by atoms with E-state index in [4.69, 9.17) is 14.9 Å². The predicted molar refractivity (Wildman–Crippen MR) is 136 cm³/mol. The van der Waals surface area contributed by atoms with Crippen LogP contribution in [0.15, 0.2) is 0 Å². The first-order valence-electron chi connectivity index (χ1n) is 13.8. The molecule has 0 spiro atoms. The normalized spacial score (nSPS) is 13.7. The van der Waals surface area contributed by atoms with E-state index in [2.05, 4.69) is 11.7 Å². The Bertz CT molecular complexity index is 582. The van der Waals surface area contributed by atoms with Crippen LogP contribution in [-0.2, 0) is 23.9 Å². The number of esters is 2. The summed E-state index contributed by atoms with van der Waals surface area (Å²) in [7, 11) is 0. The molecule has 2 atom stereocenters. The van der Waals surface area contributed by atoms with Gasteiger partial charge >= 0.3 is 17.9 Å². The highest BCUT2D eigenvalue weighted by molar-refractivity contribution is 5.89. The third-order valence-electron chi connectivity index (χ3n) is 6.18. The number of carbonyl (C=O) groups is 3. The van der Waals surface area contributed by atoms with Gasteiger partial charge in [-0.3, -0.25) is 9.59 Å². The van der Waals surface area contributed by atoms with Crippen LogP contribution in [0.3, 0.4) is 0 Å². The van der Waals surface area contributed by atoms with E-state index < -0.39 is 55.7 Å². The molecule has 0 aromatic rings. The van der Waals surface area contributed by atoms with Crippen molar-refractivity contribution in [2.45, 2.75) is 134 Å². The zero-order valence-corrected chi connectivity index (χ0v) is 22.3. The van der Waals surface area contributed by atoms with E-state index in [-0.39, 0.29) is 6.61 Å². The number of unbranched alkanes of at least 4 members (excludes halogenated alkanes) is 15. The summed E-state index contributed by atoms with van der Waals surface area (Å²) in [5.41, 5.74) is -2.66. The monoisotopic (exact) mass is 518 g/mol. The quantitative estimate of drug-likeness (QED) is 0.102. The van der Waals surface area contributed by atoms with Crippen molar-refractivity contribution in [3.05, 3.63) is 0 Å². The van der Waals surface area contributed by atoms with Crippen molar-refractivity contribution >= 4 is 17.9 Å². The number of carbonyl (C=O) groups excluding carboxylic acids is 2. The van der Waals surface area contributed by atoms with Crippen LogP contribution in [0.4, 0.5) is 0 Å². The van der Waals surface area contributed by atoms with E-state index in [1.54, 1.807) is 0 Å². The Hall–Kier alpha value is -1.71. The predicted octanol–water partition coefficient (Wildman–Crippen LogP) is 4.28. The number of carboxylic acids is 1. The van der Waals surface area contributed by atoms with Crippen molar-refractivity contribution in [1.82, 2.24) is 0 Å². The zero-order valence-electron chi connectivity index (χ0n) is 22.3. The maximum atomic E-state index is 11.9. The number of carboxylic acid groups (broad SMARTS) is 1. The molecule has 0 amide bonds. The van der Waals surface area contributed by atoms with Crippen LogP contribution < -0.4 is 0 Å². The third kappa shape index (κ3) is 19.5. The minimum absolute atomic E-state index is 0.125. The second-order valence-corrected chi connectivity index (χ2v) is 9.73. The number of aliphatic hydroxyl groups excluding tert-OH is 2. The van der Waals surface area contributed by atoms with Crippen LogP contribution in [0.25, 0.3) is 0 Å². The topological polar surface area (TPSA) is 151 Å². The molecular weight excluding hydrogens is 468 g/mol. The lowest BCUT2D eigenvalue weighted by molar-refractivity contribution is -0.174. The van der Waals surface area contributed by atoms with Crippen molar-refractivity contribution in [3.63, 3.8) is 0 Å². The molecule has 0 heterocycles. The lowest BCUT2D eigenvalue weighted by Gasteiger charge is -2.21. The van der Waals surface area contributed by atoms with Crippen LogP contribution in [-0.4, -0.2) is 69.9 Å². The fourth-order valence-corrected chi connectivity index (χ4v) is 3.87. The van der Waals surface area contributed by atoms with Crippen LogP contribution >= 0.6 is 0 Å². The number of ether oxygens (including phenoxy) is 2. The number of rotatable bonds is 25. The standard InChI is InChI=1S/C27H50O9/c1-2-3-4-5-6-7-8-9-10-11-12-13-14-15-16-17-18-35-24(30)19-27(34,26(32)33)20-25(31)36-22-23(29)21-28/h23,28-29,34H,2-22H2,1H3,(H,32,33). The molecule has 0 aromatic carbocycles. The molecule has 2 unspecified atom stereocenters. The van der Waals surface area contributed by atoms with Crippen molar-refractivity contribution < 1.29 is 44.3 Å². The van der Waals surface area contributed by atoms with Gasteiger partial charge in [-0.1, -0.05) is 103 Å². The van der Waals surface area contributed by atoms with Gasteiger partial charge in [-0.05, 0) is 6.42 Å². The Labute approximate surface area is 216 Å². The minimum atomic E-state index is -2.66. The van der Waals surface area contributed by atoms with Crippen molar-refractivity contribution in [2.75, 3.05) is 19.8 Å². The van der Waals surface area contributed by atoms with Crippen LogP contribution in [0.2, 0.25) is 0 Å². The summed E-state index contributed by atoms with van der Waals surface area (Å²) in [4.78, 5) is 35.0. The molecule has 0 rings (SSSR count). The highest BCUT2D eigenvalue weighted by Gasteiger charge is 2.42. The van der Waals surface area contributed by atoms with E-state index >= 15 is 0 Å². The Morgan fingerprint density at radius 3 is 1.47 bits per heavy atom. The maximum absolute atomic E-state index is 11.9. The molecule has 0 aromatic heterocycles. The first kappa shape index (κ1) is 34.3. The van der Waals surface area contributed by atoms with E-state index in [9.17, 15) is 24.6 Å². The van der Waals surface area contributed by atoms with Gasteiger partial charge in [0, 0.05) is 0 Å². The van der Waals surface area contributed by atoms with E-state index in [0.29, 0.717) is 6.42 Å². The molecule has 36 heavy (non-hydrogen) atoms. The van der Waals surface area contributed by atoms with Crippen LogP contribution in [0.1, 0.15) is 122 Å². The summed E-state index contributed by atoms with van der Waals surface area (Å²) >= 11 is 0. The molecule has 0 bridgehead atoms. The van der Waals surface area contributed by atoms with Gasteiger partial charge in [0.2, 0.25) is 0 Å². The van der Waals surface area contributed by atoms with Gasteiger partial charge in [0.15, 0.2) is 5.60 Å². The number of hydrogen-bond acceptors (Lipinski definition) is 8. The fourth-order valence-electron chi connectivity index (χ4n) is 3.87. The van der Waals surface area contributed by atoms with Gasteiger partial charge < -0.3 is 29.9 Å². The van der Waals surface area contributed by atoms with Crippen molar-refractivity contribution in [1.29, 1.82) is 0 Å². The average molecular weight is 519 g/mol. The Balaban J connectivity index is 3.75. The molecule has 0 aliphatic rings. The van der Waals surface area contributed by atoms with E-state index in [1.165, 1.54) is 77.0 Å². The highest BCUT2D eigenvalue weighted by Crippen LogP contribution is 2.19. The third-order valence-corrected chi connectivity index (χ3v) is 6.18. The number of aliphatic carboxylic acids is 1. The Morgan fingerprint density at radius 1 is 0.694 bits per heavy atom. The van der Waals surface area contributed by atoms with Crippen LogP contribution in [0.5, 0.6) is 0 Å². The van der Waals surface area contributed by atoms with Crippen LogP contribution in [0, 0.1) is 0 Å². The average Bonchev–Trinajstić information content (AvgIpc) is 2.84. The maximum Gasteiger partial charge on any atom is 0.336 e. The summed E-state index contributed by atoms with van der Waals surface area (Å²) in [6, 6.07) is 0. The van der Waals surface area contributed by atoms with Gasteiger partial charge in [0.05, 0.1) is 26.1 Å². The first-order chi connectivity index (χ1) is 17.2.